The zero-order valence-corrected chi connectivity index (χ0v) is 17.7. The summed E-state index contributed by atoms with van der Waals surface area (Å²) in [6.45, 7) is 1.33. The fourth-order valence-electron chi connectivity index (χ4n) is 2.76. The Morgan fingerprint density at radius 1 is 1.06 bits per heavy atom. The zero-order chi connectivity index (χ0) is 22.4. The summed E-state index contributed by atoms with van der Waals surface area (Å²) in [5.74, 6) is -0.599. The predicted octanol–water partition coefficient (Wildman–Crippen LogP) is 2.77. The maximum atomic E-state index is 12.9. The largest absolute Gasteiger partial charge is 0.495 e. The Bertz CT molecular complexity index is 1190. The smallest absolute Gasteiger partial charge is 0.287 e. The molecular formula is C21H21N3O6S. The Morgan fingerprint density at radius 3 is 2.55 bits per heavy atom. The Hall–Kier alpha value is -3.79. The van der Waals surface area contributed by atoms with Crippen molar-refractivity contribution in [2.45, 2.75) is 11.8 Å². The van der Waals surface area contributed by atoms with E-state index in [1.165, 1.54) is 25.5 Å². The Labute approximate surface area is 179 Å². The number of carbonyl (C=O) groups is 2. The quantitative estimate of drug-likeness (QED) is 0.491. The van der Waals surface area contributed by atoms with E-state index in [2.05, 4.69) is 15.4 Å². The molecule has 3 aromatic rings. The third-order valence-electron chi connectivity index (χ3n) is 4.27. The van der Waals surface area contributed by atoms with Crippen LogP contribution in [0.15, 0.2) is 70.2 Å². The number of furan rings is 1. The standard InChI is InChI=1S/C21H21N3O6S/c1-14-9-10-15(23-20(25)13-22-21(26)18-8-5-11-30-18)12-19(14)31(27,28)24-16-6-3-4-7-17(16)29-2/h3-12,24H,13H2,1-2H3,(H,22,26)(H,23,25). The molecule has 1 aromatic heterocycles. The molecule has 9 nitrogen and oxygen atoms in total. The summed E-state index contributed by atoms with van der Waals surface area (Å²) in [6.07, 6.45) is 1.35. The van der Waals surface area contributed by atoms with Crippen LogP contribution in [0.1, 0.15) is 16.1 Å². The monoisotopic (exact) mass is 443 g/mol. The van der Waals surface area contributed by atoms with Crippen LogP contribution in [0, 0.1) is 6.92 Å². The number of anilines is 2. The Balaban J connectivity index is 1.72. The number of hydrogen-bond acceptors (Lipinski definition) is 6. The van der Waals surface area contributed by atoms with Gasteiger partial charge in [-0.2, -0.15) is 0 Å². The van der Waals surface area contributed by atoms with Crippen LogP contribution in [-0.4, -0.2) is 33.9 Å². The lowest BCUT2D eigenvalue weighted by Crippen LogP contribution is -2.32. The van der Waals surface area contributed by atoms with Crippen LogP contribution in [-0.2, 0) is 14.8 Å². The van der Waals surface area contributed by atoms with Gasteiger partial charge >= 0.3 is 0 Å². The van der Waals surface area contributed by atoms with E-state index in [4.69, 9.17) is 9.15 Å². The van der Waals surface area contributed by atoms with Crippen LogP contribution in [0.4, 0.5) is 11.4 Å². The minimum atomic E-state index is -3.95. The van der Waals surface area contributed by atoms with Gasteiger partial charge in [-0.1, -0.05) is 18.2 Å². The van der Waals surface area contributed by atoms with E-state index in [9.17, 15) is 18.0 Å². The average molecular weight is 443 g/mol. The van der Waals surface area contributed by atoms with Crippen molar-refractivity contribution in [2.75, 3.05) is 23.7 Å². The van der Waals surface area contributed by atoms with Crippen molar-refractivity contribution in [3.05, 3.63) is 72.2 Å². The summed E-state index contributed by atoms with van der Waals surface area (Å²) in [5, 5.41) is 4.98. The van der Waals surface area contributed by atoms with Crippen molar-refractivity contribution >= 4 is 33.2 Å². The topological polar surface area (TPSA) is 127 Å². The van der Waals surface area contributed by atoms with E-state index in [0.29, 0.717) is 17.0 Å². The number of para-hydroxylation sites is 2. The number of hydrogen-bond donors (Lipinski definition) is 3. The molecule has 10 heteroatoms. The second-order valence-corrected chi connectivity index (χ2v) is 8.15. The molecule has 0 spiro atoms. The number of sulfonamides is 1. The maximum Gasteiger partial charge on any atom is 0.287 e. The first kappa shape index (κ1) is 21.9. The summed E-state index contributed by atoms with van der Waals surface area (Å²) in [5.41, 5.74) is 1.05. The van der Waals surface area contributed by atoms with E-state index < -0.39 is 21.8 Å². The van der Waals surface area contributed by atoms with E-state index in [0.717, 1.165) is 0 Å². The number of amides is 2. The second-order valence-electron chi connectivity index (χ2n) is 6.49. The fraction of sp³-hybridized carbons (Fsp3) is 0.143. The first-order chi connectivity index (χ1) is 14.8. The number of ether oxygens (including phenoxy) is 1. The van der Waals surface area contributed by atoms with Gasteiger partial charge in [-0.05, 0) is 48.9 Å². The summed E-state index contributed by atoms with van der Waals surface area (Å²) < 4.78 is 38.5. The Morgan fingerprint density at radius 2 is 1.84 bits per heavy atom. The minimum absolute atomic E-state index is 0.00386. The zero-order valence-electron chi connectivity index (χ0n) is 16.8. The number of methoxy groups -OCH3 is 1. The van der Waals surface area contributed by atoms with Crippen molar-refractivity contribution in [2.24, 2.45) is 0 Å². The van der Waals surface area contributed by atoms with Gasteiger partial charge in [0.25, 0.3) is 15.9 Å². The molecule has 0 radical (unpaired) electrons. The summed E-state index contributed by atoms with van der Waals surface area (Å²) in [4.78, 5) is 24.0. The van der Waals surface area contributed by atoms with Crippen LogP contribution in [0.2, 0.25) is 0 Å². The van der Waals surface area contributed by atoms with Crippen LogP contribution >= 0.6 is 0 Å². The van der Waals surface area contributed by atoms with Gasteiger partial charge in [-0.25, -0.2) is 8.42 Å². The molecule has 0 saturated carbocycles. The molecule has 3 rings (SSSR count). The highest BCUT2D eigenvalue weighted by molar-refractivity contribution is 7.92. The molecule has 0 fully saturated rings. The molecule has 0 aliphatic heterocycles. The van der Waals surface area contributed by atoms with Gasteiger partial charge in [0.1, 0.15) is 5.75 Å². The third-order valence-corrected chi connectivity index (χ3v) is 5.77. The minimum Gasteiger partial charge on any atom is -0.495 e. The molecule has 162 valence electrons. The summed E-state index contributed by atoms with van der Waals surface area (Å²) in [7, 11) is -2.51. The lowest BCUT2D eigenvalue weighted by Gasteiger charge is -2.14. The van der Waals surface area contributed by atoms with Gasteiger partial charge in [-0.15, -0.1) is 0 Å². The summed E-state index contributed by atoms with van der Waals surface area (Å²) in [6, 6.07) is 14.2. The van der Waals surface area contributed by atoms with Crippen LogP contribution < -0.4 is 20.1 Å². The number of nitrogens with one attached hydrogen (secondary N) is 3. The normalized spacial score (nSPS) is 10.9. The van der Waals surface area contributed by atoms with E-state index in [1.54, 1.807) is 49.4 Å². The molecule has 1 heterocycles. The van der Waals surface area contributed by atoms with Gasteiger partial charge in [0.05, 0.1) is 30.5 Å². The molecule has 0 unspecified atom stereocenters. The van der Waals surface area contributed by atoms with Crippen molar-refractivity contribution in [3.63, 3.8) is 0 Å². The number of aryl methyl sites for hydroxylation is 1. The van der Waals surface area contributed by atoms with Crippen LogP contribution in [0.25, 0.3) is 0 Å². The predicted molar refractivity (Wildman–Crippen MR) is 115 cm³/mol. The van der Waals surface area contributed by atoms with E-state index in [1.807, 2.05) is 0 Å². The highest BCUT2D eigenvalue weighted by Crippen LogP contribution is 2.28. The molecule has 2 aromatic carbocycles. The molecule has 0 saturated heterocycles. The fourth-order valence-corrected chi connectivity index (χ4v) is 4.10. The lowest BCUT2D eigenvalue weighted by atomic mass is 10.2. The highest BCUT2D eigenvalue weighted by atomic mass is 32.2. The first-order valence-corrected chi connectivity index (χ1v) is 10.7. The summed E-state index contributed by atoms with van der Waals surface area (Å²) >= 11 is 0. The third kappa shape index (κ3) is 5.43. The second kappa shape index (κ2) is 9.35. The van der Waals surface area contributed by atoms with Gasteiger partial charge in [0.15, 0.2) is 5.76 Å². The van der Waals surface area contributed by atoms with Gasteiger partial charge in [0.2, 0.25) is 5.91 Å². The molecule has 0 aliphatic carbocycles. The van der Waals surface area contributed by atoms with Crippen molar-refractivity contribution in [3.8, 4) is 5.75 Å². The lowest BCUT2D eigenvalue weighted by molar-refractivity contribution is -0.115. The molecule has 31 heavy (non-hydrogen) atoms. The molecular weight excluding hydrogens is 422 g/mol. The first-order valence-electron chi connectivity index (χ1n) is 9.18. The van der Waals surface area contributed by atoms with Gasteiger partial charge < -0.3 is 19.8 Å². The molecule has 0 atom stereocenters. The highest BCUT2D eigenvalue weighted by Gasteiger charge is 2.20. The van der Waals surface area contributed by atoms with Gasteiger partial charge in [0, 0.05) is 5.69 Å². The number of rotatable bonds is 8. The Kier molecular flexibility index (Phi) is 6.61. The number of benzene rings is 2. The molecule has 0 bridgehead atoms. The SMILES string of the molecule is COc1ccccc1NS(=O)(=O)c1cc(NC(=O)CNC(=O)c2ccco2)ccc1C. The molecule has 3 N–H and O–H groups in total. The van der Waals surface area contributed by atoms with Crippen molar-refractivity contribution < 1.29 is 27.2 Å². The molecule has 2 amide bonds. The maximum absolute atomic E-state index is 12.9. The van der Waals surface area contributed by atoms with Crippen LogP contribution in [0.3, 0.4) is 0 Å². The van der Waals surface area contributed by atoms with Crippen molar-refractivity contribution in [1.29, 1.82) is 0 Å². The van der Waals surface area contributed by atoms with E-state index in [-0.39, 0.29) is 22.9 Å². The number of carbonyl (C=O) groups excluding carboxylic acids is 2. The van der Waals surface area contributed by atoms with Crippen molar-refractivity contribution in [1.82, 2.24) is 5.32 Å². The molecule has 0 aliphatic rings. The average Bonchev–Trinajstić information content (AvgIpc) is 3.28. The van der Waals surface area contributed by atoms with E-state index >= 15 is 0 Å². The van der Waals surface area contributed by atoms with Gasteiger partial charge in [-0.3, -0.25) is 14.3 Å². The van der Waals surface area contributed by atoms with Crippen LogP contribution in [0.5, 0.6) is 5.75 Å².